The summed E-state index contributed by atoms with van der Waals surface area (Å²) in [5, 5.41) is 0. The highest BCUT2D eigenvalue weighted by atomic mass is 16.5. The molecule has 0 N–H and O–H groups in total. The van der Waals surface area contributed by atoms with Crippen LogP contribution in [-0.2, 0) is 9.53 Å². The fourth-order valence-electron chi connectivity index (χ4n) is 1.86. The molecule has 1 saturated heterocycles. The maximum Gasteiger partial charge on any atom is 0.219 e. The standard InChI is InChI=1S/C12H24N2O2.2C2H6/c1-3-4-5-14(12(2)15)7-6-13-8-10-16-11-9-13;2*1-2/h3-11H2,1-2H3;2*1-2H3. The van der Waals surface area contributed by atoms with Crippen LogP contribution in [0.15, 0.2) is 0 Å². The van der Waals surface area contributed by atoms with Gasteiger partial charge in [0.1, 0.15) is 0 Å². The Morgan fingerprint density at radius 1 is 1.10 bits per heavy atom. The lowest BCUT2D eigenvalue weighted by Gasteiger charge is -2.29. The van der Waals surface area contributed by atoms with Gasteiger partial charge in [-0.25, -0.2) is 0 Å². The molecule has 1 amide bonds. The fourth-order valence-corrected chi connectivity index (χ4v) is 1.86. The van der Waals surface area contributed by atoms with Crippen molar-refractivity contribution in [3.8, 4) is 0 Å². The molecule has 4 heteroatoms. The van der Waals surface area contributed by atoms with Gasteiger partial charge >= 0.3 is 0 Å². The minimum Gasteiger partial charge on any atom is -0.379 e. The first-order chi connectivity index (χ1) is 9.74. The Balaban J connectivity index is 0. The number of hydrogen-bond donors (Lipinski definition) is 0. The van der Waals surface area contributed by atoms with Crippen LogP contribution in [0, 0.1) is 0 Å². The van der Waals surface area contributed by atoms with Gasteiger partial charge in [-0.2, -0.15) is 0 Å². The second-order valence-electron chi connectivity index (χ2n) is 4.31. The molecule has 1 rings (SSSR count). The summed E-state index contributed by atoms with van der Waals surface area (Å²) in [6.07, 6.45) is 2.24. The summed E-state index contributed by atoms with van der Waals surface area (Å²) >= 11 is 0. The second-order valence-corrected chi connectivity index (χ2v) is 4.31. The molecule has 4 nitrogen and oxygen atoms in total. The van der Waals surface area contributed by atoms with Gasteiger partial charge in [-0.3, -0.25) is 9.69 Å². The molecule has 0 spiro atoms. The molecule has 0 aromatic rings. The number of ether oxygens (including phenoxy) is 1. The molecule has 122 valence electrons. The largest absolute Gasteiger partial charge is 0.379 e. The maximum atomic E-state index is 11.4. The van der Waals surface area contributed by atoms with Gasteiger partial charge in [0.15, 0.2) is 0 Å². The first kappa shape index (κ1) is 21.7. The quantitative estimate of drug-likeness (QED) is 0.753. The predicted molar refractivity (Wildman–Crippen MR) is 87.1 cm³/mol. The lowest BCUT2D eigenvalue weighted by molar-refractivity contribution is -0.129. The van der Waals surface area contributed by atoms with Gasteiger partial charge in [0, 0.05) is 39.6 Å². The molecule has 0 unspecified atom stereocenters. The van der Waals surface area contributed by atoms with Gasteiger partial charge in [-0.05, 0) is 6.42 Å². The predicted octanol–water partition coefficient (Wildman–Crippen LogP) is 3.02. The Morgan fingerprint density at radius 3 is 2.10 bits per heavy atom. The van der Waals surface area contributed by atoms with Gasteiger partial charge in [0.05, 0.1) is 13.2 Å². The highest BCUT2D eigenvalue weighted by Gasteiger charge is 2.13. The molecule has 0 aliphatic carbocycles. The molecule has 20 heavy (non-hydrogen) atoms. The number of nitrogens with zero attached hydrogens (tertiary/aromatic N) is 2. The van der Waals surface area contributed by atoms with E-state index >= 15 is 0 Å². The van der Waals surface area contributed by atoms with Gasteiger partial charge in [-0.15, -0.1) is 0 Å². The Labute approximate surface area is 126 Å². The highest BCUT2D eigenvalue weighted by Crippen LogP contribution is 2.00. The number of amides is 1. The summed E-state index contributed by atoms with van der Waals surface area (Å²) in [5.41, 5.74) is 0. The summed E-state index contributed by atoms with van der Waals surface area (Å²) in [6, 6.07) is 0. The third-order valence-corrected chi connectivity index (χ3v) is 3.02. The van der Waals surface area contributed by atoms with Crippen molar-refractivity contribution >= 4 is 5.91 Å². The Kier molecular flexibility index (Phi) is 17.8. The van der Waals surface area contributed by atoms with E-state index in [0.717, 1.165) is 58.8 Å². The van der Waals surface area contributed by atoms with Crippen molar-refractivity contribution in [3.05, 3.63) is 0 Å². The van der Waals surface area contributed by atoms with Crippen LogP contribution in [0.25, 0.3) is 0 Å². The fraction of sp³-hybridized carbons (Fsp3) is 0.938. The van der Waals surface area contributed by atoms with Crippen molar-refractivity contribution in [2.75, 3.05) is 45.9 Å². The van der Waals surface area contributed by atoms with Crippen molar-refractivity contribution in [3.63, 3.8) is 0 Å². The van der Waals surface area contributed by atoms with Crippen LogP contribution >= 0.6 is 0 Å². The molecular formula is C16H36N2O2. The van der Waals surface area contributed by atoms with Crippen LogP contribution in [0.4, 0.5) is 0 Å². The molecule has 0 aromatic heterocycles. The summed E-state index contributed by atoms with van der Waals surface area (Å²) < 4.78 is 5.30. The topological polar surface area (TPSA) is 32.8 Å². The number of unbranched alkanes of at least 4 members (excludes halogenated alkanes) is 1. The van der Waals surface area contributed by atoms with E-state index in [9.17, 15) is 4.79 Å². The SMILES string of the molecule is CC.CC.CCCCN(CCN1CCOCC1)C(C)=O. The van der Waals surface area contributed by atoms with E-state index in [1.165, 1.54) is 0 Å². The van der Waals surface area contributed by atoms with Gasteiger partial charge < -0.3 is 9.64 Å². The third-order valence-electron chi connectivity index (χ3n) is 3.02. The van der Waals surface area contributed by atoms with Gasteiger partial charge in [0.25, 0.3) is 0 Å². The lowest BCUT2D eigenvalue weighted by Crippen LogP contribution is -2.42. The Hall–Kier alpha value is -0.610. The molecule has 1 aliphatic heterocycles. The average molecular weight is 288 g/mol. The van der Waals surface area contributed by atoms with E-state index < -0.39 is 0 Å². The molecule has 0 aromatic carbocycles. The van der Waals surface area contributed by atoms with Crippen LogP contribution in [0.5, 0.6) is 0 Å². The number of hydrogen-bond acceptors (Lipinski definition) is 3. The summed E-state index contributed by atoms with van der Waals surface area (Å²) in [7, 11) is 0. The van der Waals surface area contributed by atoms with Crippen molar-refractivity contribution in [1.29, 1.82) is 0 Å². The molecule has 1 aliphatic rings. The Morgan fingerprint density at radius 2 is 1.65 bits per heavy atom. The third kappa shape index (κ3) is 11.2. The van der Waals surface area contributed by atoms with Crippen LogP contribution in [0.1, 0.15) is 54.4 Å². The van der Waals surface area contributed by atoms with E-state index in [1.807, 2.05) is 32.6 Å². The average Bonchev–Trinajstić information content (AvgIpc) is 2.52. The zero-order valence-corrected chi connectivity index (χ0v) is 14.6. The van der Waals surface area contributed by atoms with Crippen LogP contribution in [0.2, 0.25) is 0 Å². The maximum absolute atomic E-state index is 11.4. The summed E-state index contributed by atoms with van der Waals surface area (Å²) in [6.45, 7) is 18.2. The molecule has 0 atom stereocenters. The zero-order valence-electron chi connectivity index (χ0n) is 14.6. The van der Waals surface area contributed by atoms with Crippen LogP contribution in [0.3, 0.4) is 0 Å². The highest BCUT2D eigenvalue weighted by molar-refractivity contribution is 5.73. The van der Waals surface area contributed by atoms with E-state index in [-0.39, 0.29) is 5.91 Å². The minimum absolute atomic E-state index is 0.196. The van der Waals surface area contributed by atoms with Gasteiger partial charge in [-0.1, -0.05) is 41.0 Å². The van der Waals surface area contributed by atoms with E-state index in [4.69, 9.17) is 4.74 Å². The monoisotopic (exact) mass is 288 g/mol. The lowest BCUT2D eigenvalue weighted by atomic mass is 10.3. The van der Waals surface area contributed by atoms with Crippen molar-refractivity contribution in [1.82, 2.24) is 9.80 Å². The van der Waals surface area contributed by atoms with Crippen LogP contribution < -0.4 is 0 Å². The number of rotatable bonds is 6. The summed E-state index contributed by atoms with van der Waals surface area (Å²) in [5.74, 6) is 0.196. The second kappa shape index (κ2) is 16.4. The molecule has 0 saturated carbocycles. The molecule has 1 fully saturated rings. The zero-order chi connectivity index (χ0) is 15.8. The first-order valence-corrected chi connectivity index (χ1v) is 8.29. The van der Waals surface area contributed by atoms with Crippen molar-refractivity contribution in [2.24, 2.45) is 0 Å². The van der Waals surface area contributed by atoms with Crippen molar-refractivity contribution < 1.29 is 9.53 Å². The summed E-state index contributed by atoms with van der Waals surface area (Å²) in [4.78, 5) is 15.7. The van der Waals surface area contributed by atoms with Crippen molar-refractivity contribution in [2.45, 2.75) is 54.4 Å². The molecule has 0 radical (unpaired) electrons. The number of carbonyl (C=O) groups excluding carboxylic acids is 1. The van der Waals surface area contributed by atoms with E-state index in [0.29, 0.717) is 0 Å². The van der Waals surface area contributed by atoms with Gasteiger partial charge in [0.2, 0.25) is 5.91 Å². The normalized spacial score (nSPS) is 14.5. The van der Waals surface area contributed by atoms with E-state index in [1.54, 1.807) is 6.92 Å². The minimum atomic E-state index is 0.196. The first-order valence-electron chi connectivity index (χ1n) is 8.29. The van der Waals surface area contributed by atoms with E-state index in [2.05, 4.69) is 11.8 Å². The Bertz CT molecular complexity index is 205. The number of carbonyl (C=O) groups is 1. The molecule has 0 bridgehead atoms. The number of morpholine rings is 1. The molecule has 1 heterocycles. The molecular weight excluding hydrogens is 252 g/mol. The smallest absolute Gasteiger partial charge is 0.219 e. The van der Waals surface area contributed by atoms with Crippen LogP contribution in [-0.4, -0.2) is 61.6 Å².